The van der Waals surface area contributed by atoms with Crippen molar-refractivity contribution in [2.75, 3.05) is 26.7 Å². The Morgan fingerprint density at radius 1 is 1.38 bits per heavy atom. The molecule has 0 aliphatic carbocycles. The third kappa shape index (κ3) is 2.91. The minimum absolute atomic E-state index is 0.114. The first kappa shape index (κ1) is 15.3. The van der Waals surface area contributed by atoms with Crippen LogP contribution in [0.1, 0.15) is 24.4 Å². The Morgan fingerprint density at radius 3 is 2.92 bits per heavy atom. The molecule has 1 aromatic carbocycles. The molecule has 1 fully saturated rings. The molecule has 1 N–H and O–H groups in total. The summed E-state index contributed by atoms with van der Waals surface area (Å²) >= 11 is 0. The monoisotopic (exact) mass is 330 g/mol. The Morgan fingerprint density at radius 2 is 2.21 bits per heavy atom. The molecular formula is C17H22N4O3. The van der Waals surface area contributed by atoms with Crippen LogP contribution in [0.4, 0.5) is 0 Å². The van der Waals surface area contributed by atoms with Gasteiger partial charge in [0.15, 0.2) is 0 Å². The fraction of sp³-hybridized carbons (Fsp3) is 0.529. The fourth-order valence-corrected chi connectivity index (χ4v) is 3.71. The van der Waals surface area contributed by atoms with Crippen LogP contribution in [0.15, 0.2) is 29.3 Å². The van der Waals surface area contributed by atoms with Gasteiger partial charge in [0, 0.05) is 37.7 Å². The molecule has 0 spiro atoms. The molecule has 0 bridgehead atoms. The minimum atomic E-state index is -0.114. The van der Waals surface area contributed by atoms with Gasteiger partial charge in [-0.2, -0.15) is 5.10 Å². The molecule has 2 aromatic rings. The number of piperidine rings is 1. The van der Waals surface area contributed by atoms with Gasteiger partial charge in [0.25, 0.3) is 0 Å². The van der Waals surface area contributed by atoms with E-state index in [0.29, 0.717) is 0 Å². The summed E-state index contributed by atoms with van der Waals surface area (Å²) in [6, 6.07) is 6.24. The lowest BCUT2D eigenvalue weighted by Crippen LogP contribution is -2.41. The van der Waals surface area contributed by atoms with Crippen molar-refractivity contribution in [2.45, 2.75) is 31.4 Å². The standard InChI is InChI=1S/C17H22N4O3/c1-23-14-2-3-16-12(8-14)9-15(24-16)10-20-6-4-13(5-7-20)21-11-18-19-17(21)22/h2-3,8,11,13,15H,4-7,9-10H2,1H3,(H,19,22). The smallest absolute Gasteiger partial charge is 0.343 e. The zero-order chi connectivity index (χ0) is 16.5. The summed E-state index contributed by atoms with van der Waals surface area (Å²) in [5.41, 5.74) is 1.11. The molecule has 128 valence electrons. The zero-order valence-electron chi connectivity index (χ0n) is 13.8. The Labute approximate surface area is 140 Å². The number of hydrogen-bond donors (Lipinski definition) is 1. The van der Waals surface area contributed by atoms with E-state index < -0.39 is 0 Å². The maximum absolute atomic E-state index is 11.7. The van der Waals surface area contributed by atoms with E-state index in [-0.39, 0.29) is 17.8 Å². The van der Waals surface area contributed by atoms with Crippen molar-refractivity contribution in [2.24, 2.45) is 0 Å². The van der Waals surface area contributed by atoms with Crippen molar-refractivity contribution in [3.05, 3.63) is 40.6 Å². The summed E-state index contributed by atoms with van der Waals surface area (Å²) in [4.78, 5) is 14.1. The number of nitrogens with zero attached hydrogens (tertiary/aromatic N) is 3. The van der Waals surface area contributed by atoms with E-state index in [2.05, 4.69) is 21.2 Å². The van der Waals surface area contributed by atoms with Crippen LogP contribution < -0.4 is 15.2 Å². The number of hydrogen-bond acceptors (Lipinski definition) is 5. The molecule has 7 nitrogen and oxygen atoms in total. The van der Waals surface area contributed by atoms with Crippen LogP contribution in [-0.2, 0) is 6.42 Å². The third-order valence-corrected chi connectivity index (χ3v) is 5.00. The molecule has 3 heterocycles. The SMILES string of the molecule is COc1ccc2c(c1)CC(CN1CCC(n3cn[nH]c3=O)CC1)O2. The molecule has 1 unspecified atom stereocenters. The first-order valence-corrected chi connectivity index (χ1v) is 8.40. The first-order valence-electron chi connectivity index (χ1n) is 8.40. The molecule has 7 heteroatoms. The highest BCUT2D eigenvalue weighted by atomic mass is 16.5. The van der Waals surface area contributed by atoms with Gasteiger partial charge in [0.1, 0.15) is 23.9 Å². The summed E-state index contributed by atoms with van der Waals surface area (Å²) in [5, 5.41) is 6.29. The summed E-state index contributed by atoms with van der Waals surface area (Å²) in [6.07, 6.45) is 4.65. The number of benzene rings is 1. The Balaban J connectivity index is 1.32. The van der Waals surface area contributed by atoms with Gasteiger partial charge >= 0.3 is 5.69 Å². The van der Waals surface area contributed by atoms with Gasteiger partial charge in [-0.05, 0) is 31.0 Å². The number of rotatable bonds is 4. The third-order valence-electron chi connectivity index (χ3n) is 5.00. The van der Waals surface area contributed by atoms with E-state index in [1.165, 1.54) is 5.56 Å². The van der Waals surface area contributed by atoms with Crippen LogP contribution in [0.3, 0.4) is 0 Å². The van der Waals surface area contributed by atoms with Gasteiger partial charge in [0.2, 0.25) is 0 Å². The maximum Gasteiger partial charge on any atom is 0.343 e. The molecule has 1 aromatic heterocycles. The number of aromatic amines is 1. The van der Waals surface area contributed by atoms with E-state index >= 15 is 0 Å². The highest BCUT2D eigenvalue weighted by Crippen LogP contribution is 2.32. The van der Waals surface area contributed by atoms with Crippen molar-refractivity contribution < 1.29 is 9.47 Å². The summed E-state index contributed by atoms with van der Waals surface area (Å²) in [5.74, 6) is 1.85. The average molecular weight is 330 g/mol. The normalized spacial score (nSPS) is 21.5. The van der Waals surface area contributed by atoms with E-state index in [1.807, 2.05) is 12.1 Å². The molecule has 1 atom stereocenters. The predicted octanol–water partition coefficient (Wildman–Crippen LogP) is 1.22. The van der Waals surface area contributed by atoms with Gasteiger partial charge in [-0.3, -0.25) is 9.47 Å². The number of aromatic nitrogens is 3. The molecule has 0 saturated carbocycles. The first-order chi connectivity index (χ1) is 11.7. The van der Waals surface area contributed by atoms with Crippen LogP contribution in [-0.4, -0.2) is 52.5 Å². The van der Waals surface area contributed by atoms with Crippen LogP contribution in [0, 0.1) is 0 Å². The van der Waals surface area contributed by atoms with Crippen molar-refractivity contribution in [3.63, 3.8) is 0 Å². The van der Waals surface area contributed by atoms with Gasteiger partial charge < -0.3 is 9.47 Å². The van der Waals surface area contributed by atoms with Crippen molar-refractivity contribution >= 4 is 0 Å². The predicted molar refractivity (Wildman–Crippen MR) is 88.7 cm³/mol. The van der Waals surface area contributed by atoms with Crippen LogP contribution in [0.5, 0.6) is 11.5 Å². The largest absolute Gasteiger partial charge is 0.497 e. The van der Waals surface area contributed by atoms with Gasteiger partial charge in [0.05, 0.1) is 7.11 Å². The second-order valence-corrected chi connectivity index (χ2v) is 6.52. The second kappa shape index (κ2) is 6.32. The highest BCUT2D eigenvalue weighted by Gasteiger charge is 2.28. The number of methoxy groups -OCH3 is 1. The van der Waals surface area contributed by atoms with Crippen LogP contribution in [0.2, 0.25) is 0 Å². The quantitative estimate of drug-likeness (QED) is 0.913. The molecule has 4 rings (SSSR count). The number of nitrogens with one attached hydrogen (secondary N) is 1. The van der Waals surface area contributed by atoms with Crippen molar-refractivity contribution in [1.82, 2.24) is 19.7 Å². The van der Waals surface area contributed by atoms with Crippen LogP contribution in [0.25, 0.3) is 0 Å². The number of fused-ring (bicyclic) bond motifs is 1. The van der Waals surface area contributed by atoms with Gasteiger partial charge in [-0.25, -0.2) is 9.89 Å². The molecule has 0 amide bonds. The van der Waals surface area contributed by atoms with Crippen molar-refractivity contribution in [3.8, 4) is 11.5 Å². The lowest BCUT2D eigenvalue weighted by atomic mass is 10.0. The van der Waals surface area contributed by atoms with E-state index in [0.717, 1.165) is 50.4 Å². The van der Waals surface area contributed by atoms with E-state index in [4.69, 9.17) is 9.47 Å². The van der Waals surface area contributed by atoms with Gasteiger partial charge in [-0.15, -0.1) is 0 Å². The molecular weight excluding hydrogens is 308 g/mol. The molecule has 1 saturated heterocycles. The van der Waals surface area contributed by atoms with Crippen LogP contribution >= 0.6 is 0 Å². The topological polar surface area (TPSA) is 72.4 Å². The molecule has 0 radical (unpaired) electrons. The Kier molecular flexibility index (Phi) is 4.02. The van der Waals surface area contributed by atoms with E-state index in [1.54, 1.807) is 18.0 Å². The molecule has 24 heavy (non-hydrogen) atoms. The second-order valence-electron chi connectivity index (χ2n) is 6.52. The molecule has 2 aliphatic rings. The Hall–Kier alpha value is -2.28. The Bertz CT molecular complexity index is 761. The number of H-pyrrole nitrogens is 1. The highest BCUT2D eigenvalue weighted by molar-refractivity contribution is 5.43. The maximum atomic E-state index is 11.7. The average Bonchev–Trinajstić information content (AvgIpc) is 3.20. The number of ether oxygens (including phenoxy) is 2. The lowest BCUT2D eigenvalue weighted by molar-refractivity contribution is 0.118. The lowest BCUT2D eigenvalue weighted by Gasteiger charge is -2.33. The number of likely N-dealkylation sites (tertiary alicyclic amines) is 1. The van der Waals surface area contributed by atoms with Gasteiger partial charge in [-0.1, -0.05) is 0 Å². The summed E-state index contributed by atoms with van der Waals surface area (Å²) in [6.45, 7) is 2.87. The summed E-state index contributed by atoms with van der Waals surface area (Å²) in [7, 11) is 1.69. The fourth-order valence-electron chi connectivity index (χ4n) is 3.71. The van der Waals surface area contributed by atoms with Crippen molar-refractivity contribution in [1.29, 1.82) is 0 Å². The minimum Gasteiger partial charge on any atom is -0.497 e. The molecule has 2 aliphatic heterocycles. The summed E-state index contributed by atoms with van der Waals surface area (Å²) < 4.78 is 13.1. The zero-order valence-corrected chi connectivity index (χ0v) is 13.8. The van der Waals surface area contributed by atoms with E-state index in [9.17, 15) is 4.79 Å².